The predicted molar refractivity (Wildman–Crippen MR) is 127 cm³/mol. The summed E-state index contributed by atoms with van der Waals surface area (Å²) in [7, 11) is -3.74. The fourth-order valence-electron chi connectivity index (χ4n) is 3.10. The molecule has 1 aromatic heterocycles. The number of sulfonamides is 1. The molecule has 1 amide bonds. The van der Waals surface area contributed by atoms with Crippen molar-refractivity contribution in [3.8, 4) is 5.75 Å². The number of carbonyl (C=O) groups excluding carboxylic acids is 1. The van der Waals surface area contributed by atoms with Gasteiger partial charge in [-0.2, -0.15) is 0 Å². The number of benzene rings is 2. The van der Waals surface area contributed by atoms with Crippen LogP contribution in [-0.2, 0) is 23.2 Å². The van der Waals surface area contributed by atoms with E-state index in [9.17, 15) is 13.2 Å². The lowest BCUT2D eigenvalue weighted by molar-refractivity contribution is 0.0950. The van der Waals surface area contributed by atoms with E-state index < -0.39 is 15.6 Å². The largest absolute Gasteiger partial charge is 0.487 e. The monoisotopic (exact) mass is 467 g/mol. The number of amides is 1. The second kappa shape index (κ2) is 10.1. The Balaban J connectivity index is 1.62. The first-order valence-corrected chi connectivity index (χ1v) is 12.1. The Morgan fingerprint density at radius 2 is 1.76 bits per heavy atom. The summed E-state index contributed by atoms with van der Waals surface area (Å²) in [5.74, 6) is 0.367. The van der Waals surface area contributed by atoms with E-state index >= 15 is 0 Å². The van der Waals surface area contributed by atoms with Crippen LogP contribution in [0.1, 0.15) is 48.0 Å². The molecule has 1 heterocycles. The van der Waals surface area contributed by atoms with Gasteiger partial charge in [0.05, 0.1) is 10.6 Å². The molecule has 0 spiro atoms. The second-order valence-corrected chi connectivity index (χ2v) is 10.5. The van der Waals surface area contributed by atoms with Gasteiger partial charge in [0.2, 0.25) is 10.0 Å². The first-order valence-electron chi connectivity index (χ1n) is 10.6. The van der Waals surface area contributed by atoms with Crippen LogP contribution in [0.5, 0.6) is 5.75 Å². The highest BCUT2D eigenvalue weighted by Crippen LogP contribution is 2.18. The number of carbonyl (C=O) groups is 1. The van der Waals surface area contributed by atoms with Crippen molar-refractivity contribution in [1.29, 1.82) is 0 Å². The normalized spacial score (nSPS) is 11.8. The number of hydrogen-bond donors (Lipinski definition) is 2. The number of rotatable bonds is 8. The lowest BCUT2D eigenvalue weighted by atomic mass is 10.1. The van der Waals surface area contributed by atoms with Crippen molar-refractivity contribution >= 4 is 15.9 Å². The molecule has 174 valence electrons. The van der Waals surface area contributed by atoms with Crippen molar-refractivity contribution in [3.63, 3.8) is 0 Å². The van der Waals surface area contributed by atoms with Crippen molar-refractivity contribution in [2.24, 2.45) is 0 Å². The molecule has 2 aromatic carbocycles. The van der Waals surface area contributed by atoms with Gasteiger partial charge in [0.1, 0.15) is 12.4 Å². The van der Waals surface area contributed by atoms with Crippen LogP contribution < -0.4 is 14.8 Å². The molecule has 3 aromatic rings. The third-order valence-corrected chi connectivity index (χ3v) is 6.45. The number of ether oxygens (including phenoxy) is 1. The van der Waals surface area contributed by atoms with Gasteiger partial charge in [-0.25, -0.2) is 13.1 Å². The van der Waals surface area contributed by atoms with Crippen molar-refractivity contribution < 1.29 is 17.9 Å². The van der Waals surface area contributed by atoms with E-state index in [1.165, 1.54) is 12.1 Å². The number of nitrogens with one attached hydrogen (secondary N) is 2. The van der Waals surface area contributed by atoms with Gasteiger partial charge in [0, 0.05) is 23.8 Å². The molecule has 3 rings (SSSR count). The summed E-state index contributed by atoms with van der Waals surface area (Å²) in [5, 5.41) is 2.86. The molecule has 0 saturated heterocycles. The standard InChI is InChI=1S/C25H29N3O4S/c1-18-8-13-22(33(30,31)28-25(2,3)4)15-23(18)24(29)27-16-19-9-11-21(12-10-19)32-17-20-7-5-6-14-26-20/h5-15,28H,16-17H2,1-4H3,(H,27,29). The maximum absolute atomic E-state index is 12.8. The molecule has 7 nitrogen and oxygen atoms in total. The Labute approximate surface area is 195 Å². The number of hydrogen-bond acceptors (Lipinski definition) is 5. The smallest absolute Gasteiger partial charge is 0.251 e. The second-order valence-electron chi connectivity index (χ2n) is 8.77. The SMILES string of the molecule is Cc1ccc(S(=O)(=O)NC(C)(C)C)cc1C(=O)NCc1ccc(OCc2ccccn2)cc1. The highest BCUT2D eigenvalue weighted by atomic mass is 32.2. The highest BCUT2D eigenvalue weighted by Gasteiger charge is 2.23. The topological polar surface area (TPSA) is 97.4 Å². The van der Waals surface area contributed by atoms with Crippen LogP contribution in [0.3, 0.4) is 0 Å². The van der Waals surface area contributed by atoms with E-state index in [1.807, 2.05) is 42.5 Å². The predicted octanol–water partition coefficient (Wildman–Crippen LogP) is 3.98. The Morgan fingerprint density at radius 1 is 1.03 bits per heavy atom. The fourth-order valence-corrected chi connectivity index (χ4v) is 4.54. The molecular formula is C25H29N3O4S. The first kappa shape index (κ1) is 24.4. The van der Waals surface area contributed by atoms with E-state index in [0.29, 0.717) is 30.0 Å². The number of pyridine rings is 1. The maximum atomic E-state index is 12.8. The first-order chi connectivity index (χ1) is 15.5. The Bertz CT molecular complexity index is 1200. The molecule has 0 aliphatic rings. The van der Waals surface area contributed by atoms with E-state index in [0.717, 1.165) is 11.3 Å². The quantitative estimate of drug-likeness (QED) is 0.522. The van der Waals surface area contributed by atoms with Gasteiger partial charge < -0.3 is 10.1 Å². The number of nitrogens with zero attached hydrogens (tertiary/aromatic N) is 1. The highest BCUT2D eigenvalue weighted by molar-refractivity contribution is 7.89. The van der Waals surface area contributed by atoms with Gasteiger partial charge in [0.25, 0.3) is 5.91 Å². The molecule has 33 heavy (non-hydrogen) atoms. The summed E-state index contributed by atoms with van der Waals surface area (Å²) in [6.45, 7) is 7.75. The molecule has 8 heteroatoms. The van der Waals surface area contributed by atoms with Crippen molar-refractivity contribution in [2.75, 3.05) is 0 Å². The molecule has 0 saturated carbocycles. The van der Waals surface area contributed by atoms with Crippen LogP contribution in [0.25, 0.3) is 0 Å². The Hall–Kier alpha value is -3.23. The summed E-state index contributed by atoms with van der Waals surface area (Å²) in [6, 6.07) is 17.6. The van der Waals surface area contributed by atoms with Crippen molar-refractivity contribution in [1.82, 2.24) is 15.0 Å². The van der Waals surface area contributed by atoms with E-state index in [2.05, 4.69) is 15.0 Å². The van der Waals surface area contributed by atoms with Gasteiger partial charge in [-0.15, -0.1) is 0 Å². The maximum Gasteiger partial charge on any atom is 0.251 e. The number of aromatic nitrogens is 1. The van der Waals surface area contributed by atoms with Crippen LogP contribution in [0.15, 0.2) is 71.8 Å². The van der Waals surface area contributed by atoms with E-state index in [-0.39, 0.29) is 10.8 Å². The molecule has 2 N–H and O–H groups in total. The number of aryl methyl sites for hydroxylation is 1. The third-order valence-electron chi connectivity index (χ3n) is 4.69. The Morgan fingerprint density at radius 3 is 2.39 bits per heavy atom. The zero-order valence-electron chi connectivity index (χ0n) is 19.3. The van der Waals surface area contributed by atoms with Crippen LogP contribution in [-0.4, -0.2) is 24.8 Å². The van der Waals surface area contributed by atoms with E-state index in [1.54, 1.807) is 40.0 Å². The van der Waals surface area contributed by atoms with Crippen LogP contribution >= 0.6 is 0 Å². The molecular weight excluding hydrogens is 438 g/mol. The molecule has 0 radical (unpaired) electrons. The molecule has 0 fully saturated rings. The minimum atomic E-state index is -3.74. The van der Waals surface area contributed by atoms with Gasteiger partial charge >= 0.3 is 0 Å². The van der Waals surface area contributed by atoms with Crippen molar-refractivity contribution in [3.05, 3.63) is 89.2 Å². The molecule has 0 aliphatic heterocycles. The van der Waals surface area contributed by atoms with Gasteiger partial charge in [-0.1, -0.05) is 24.3 Å². The van der Waals surface area contributed by atoms with Gasteiger partial charge in [0.15, 0.2) is 0 Å². The summed E-state index contributed by atoms with van der Waals surface area (Å²) in [5.41, 5.74) is 2.12. The van der Waals surface area contributed by atoms with Crippen LogP contribution in [0.4, 0.5) is 0 Å². The lowest BCUT2D eigenvalue weighted by Gasteiger charge is -2.20. The minimum Gasteiger partial charge on any atom is -0.487 e. The molecule has 0 atom stereocenters. The summed E-state index contributed by atoms with van der Waals surface area (Å²) in [6.07, 6.45) is 1.72. The molecule has 0 unspecified atom stereocenters. The zero-order chi connectivity index (χ0) is 24.1. The average molecular weight is 468 g/mol. The fraction of sp³-hybridized carbons (Fsp3) is 0.280. The molecule has 0 aliphatic carbocycles. The van der Waals surface area contributed by atoms with Gasteiger partial charge in [-0.05, 0) is 75.2 Å². The van der Waals surface area contributed by atoms with E-state index in [4.69, 9.17) is 4.74 Å². The zero-order valence-corrected chi connectivity index (χ0v) is 20.1. The van der Waals surface area contributed by atoms with Crippen LogP contribution in [0, 0.1) is 6.92 Å². The van der Waals surface area contributed by atoms with Gasteiger partial charge in [-0.3, -0.25) is 9.78 Å². The third kappa shape index (κ3) is 7.13. The Kier molecular flexibility index (Phi) is 7.50. The summed E-state index contributed by atoms with van der Waals surface area (Å²) < 4.78 is 33.6. The minimum absolute atomic E-state index is 0.0579. The summed E-state index contributed by atoms with van der Waals surface area (Å²) in [4.78, 5) is 17.1. The van der Waals surface area contributed by atoms with Crippen molar-refractivity contribution in [2.45, 2.75) is 51.3 Å². The molecule has 0 bridgehead atoms. The lowest BCUT2D eigenvalue weighted by Crippen LogP contribution is -2.40. The average Bonchev–Trinajstić information content (AvgIpc) is 2.76. The van der Waals surface area contributed by atoms with Crippen LogP contribution in [0.2, 0.25) is 0 Å². The summed E-state index contributed by atoms with van der Waals surface area (Å²) >= 11 is 0.